The number of allylic oxidation sites excluding steroid dienone is 2. The largest absolute Gasteiger partial charge is 0.372 e. The molecule has 0 radical (unpaired) electrons. The fraction of sp³-hybridized carbons (Fsp3) is 0.667. The van der Waals surface area contributed by atoms with E-state index in [-0.39, 0.29) is 0 Å². The van der Waals surface area contributed by atoms with Gasteiger partial charge in [0.2, 0.25) is 0 Å². The Morgan fingerprint density at radius 1 is 1.47 bits per heavy atom. The van der Waals surface area contributed by atoms with Crippen molar-refractivity contribution in [1.82, 2.24) is 0 Å². The number of hydrogen-bond acceptors (Lipinski definition) is 3. The van der Waals surface area contributed by atoms with Gasteiger partial charge in [-0.05, 0) is 26.3 Å². The molecule has 5 heteroatoms. The van der Waals surface area contributed by atoms with Crippen LogP contribution in [0.4, 0.5) is 0 Å². The first kappa shape index (κ1) is 14.4. The van der Waals surface area contributed by atoms with Crippen LogP contribution >= 0.6 is 0 Å². The van der Waals surface area contributed by atoms with Crippen molar-refractivity contribution in [2.45, 2.75) is 44.0 Å². The van der Waals surface area contributed by atoms with Crippen molar-refractivity contribution in [3.8, 4) is 0 Å². The molecule has 0 amide bonds. The highest BCUT2D eigenvalue weighted by atomic mass is 32.2. The zero-order valence-corrected chi connectivity index (χ0v) is 11.5. The summed E-state index contributed by atoms with van der Waals surface area (Å²) in [7, 11) is -2.79. The quantitative estimate of drug-likeness (QED) is 0.788. The van der Waals surface area contributed by atoms with Gasteiger partial charge in [0, 0.05) is 7.11 Å². The molecule has 17 heavy (non-hydrogen) atoms. The predicted molar refractivity (Wildman–Crippen MR) is 67.5 cm³/mol. The van der Waals surface area contributed by atoms with E-state index < -0.39 is 20.5 Å². The second-order valence-electron chi connectivity index (χ2n) is 4.65. The summed E-state index contributed by atoms with van der Waals surface area (Å²) in [5.74, 6) is 0. The van der Waals surface area contributed by atoms with E-state index in [2.05, 4.69) is 0 Å². The summed E-state index contributed by atoms with van der Waals surface area (Å²) in [4.78, 5) is 0. The van der Waals surface area contributed by atoms with Gasteiger partial charge in [0.25, 0.3) is 10.1 Å². The number of hydrogen-bond donors (Lipinski definition) is 1. The van der Waals surface area contributed by atoms with E-state index in [0.717, 1.165) is 5.57 Å². The highest BCUT2D eigenvalue weighted by Gasteiger charge is 2.55. The molecule has 0 fully saturated rings. The van der Waals surface area contributed by atoms with Crippen LogP contribution in [-0.2, 0) is 14.9 Å². The highest BCUT2D eigenvalue weighted by Crippen LogP contribution is 2.42. The SMILES string of the molecule is CCCC1(S(=O)(=O)O)C=CC(C)=CC1(C)OC. The molecule has 1 aliphatic carbocycles. The minimum Gasteiger partial charge on any atom is -0.372 e. The molecular formula is C12H20O4S. The van der Waals surface area contributed by atoms with Gasteiger partial charge in [-0.15, -0.1) is 0 Å². The molecule has 0 aromatic heterocycles. The van der Waals surface area contributed by atoms with Crippen molar-refractivity contribution >= 4 is 10.1 Å². The first-order valence-corrected chi connectivity index (χ1v) is 7.07. The van der Waals surface area contributed by atoms with Crippen molar-refractivity contribution in [2.24, 2.45) is 0 Å². The third-order valence-electron chi connectivity index (χ3n) is 3.46. The molecule has 0 aliphatic heterocycles. The maximum absolute atomic E-state index is 11.8. The topological polar surface area (TPSA) is 63.6 Å². The molecule has 0 bridgehead atoms. The third-order valence-corrected chi connectivity index (χ3v) is 5.13. The lowest BCUT2D eigenvalue weighted by Gasteiger charge is -2.43. The second-order valence-corrected chi connectivity index (χ2v) is 6.33. The van der Waals surface area contributed by atoms with Crippen molar-refractivity contribution < 1.29 is 17.7 Å². The minimum atomic E-state index is -4.25. The van der Waals surface area contributed by atoms with Gasteiger partial charge in [0.15, 0.2) is 0 Å². The van der Waals surface area contributed by atoms with Gasteiger partial charge in [-0.2, -0.15) is 8.42 Å². The summed E-state index contributed by atoms with van der Waals surface area (Å²) in [6, 6.07) is 0. The molecule has 2 atom stereocenters. The van der Waals surface area contributed by atoms with Crippen molar-refractivity contribution in [1.29, 1.82) is 0 Å². The van der Waals surface area contributed by atoms with Crippen molar-refractivity contribution in [3.05, 3.63) is 23.8 Å². The first-order chi connectivity index (χ1) is 7.72. The Balaban J connectivity index is 3.46. The Bertz CT molecular complexity index is 449. The van der Waals surface area contributed by atoms with E-state index >= 15 is 0 Å². The Morgan fingerprint density at radius 3 is 2.47 bits per heavy atom. The van der Waals surface area contributed by atoms with Crippen LogP contribution in [0.1, 0.15) is 33.6 Å². The number of ether oxygens (including phenoxy) is 1. The maximum Gasteiger partial charge on any atom is 0.277 e. The molecular weight excluding hydrogens is 240 g/mol. The molecule has 0 saturated heterocycles. The minimum absolute atomic E-state index is 0.316. The summed E-state index contributed by atoms with van der Waals surface area (Å²) in [6.45, 7) is 5.43. The maximum atomic E-state index is 11.8. The lowest BCUT2D eigenvalue weighted by molar-refractivity contribution is 0.0171. The third kappa shape index (κ3) is 2.19. The monoisotopic (exact) mass is 260 g/mol. The van der Waals surface area contributed by atoms with E-state index in [1.165, 1.54) is 7.11 Å². The average Bonchev–Trinajstić information content (AvgIpc) is 2.21. The van der Waals surface area contributed by atoms with Gasteiger partial charge in [-0.1, -0.05) is 31.1 Å². The molecule has 1 aliphatic rings. The van der Waals surface area contributed by atoms with E-state index in [1.807, 2.05) is 13.8 Å². The van der Waals surface area contributed by atoms with Gasteiger partial charge in [0.1, 0.15) is 10.3 Å². The van der Waals surface area contributed by atoms with Gasteiger partial charge in [-0.25, -0.2) is 0 Å². The molecule has 98 valence electrons. The molecule has 0 aromatic carbocycles. The summed E-state index contributed by atoms with van der Waals surface area (Å²) in [5, 5.41) is 0. The normalized spacial score (nSPS) is 33.6. The molecule has 4 nitrogen and oxygen atoms in total. The molecule has 1 rings (SSSR count). The van der Waals surface area contributed by atoms with Gasteiger partial charge in [0.05, 0.1) is 0 Å². The van der Waals surface area contributed by atoms with Crippen molar-refractivity contribution in [3.63, 3.8) is 0 Å². The van der Waals surface area contributed by atoms with Crippen LogP contribution in [0, 0.1) is 0 Å². The lowest BCUT2D eigenvalue weighted by atomic mass is 9.79. The fourth-order valence-electron chi connectivity index (χ4n) is 2.44. The second kappa shape index (κ2) is 4.55. The summed E-state index contributed by atoms with van der Waals surface area (Å²) >= 11 is 0. The Morgan fingerprint density at radius 2 is 2.06 bits per heavy atom. The van der Waals surface area contributed by atoms with E-state index in [1.54, 1.807) is 25.2 Å². The number of rotatable bonds is 4. The van der Waals surface area contributed by atoms with E-state index in [0.29, 0.717) is 12.8 Å². The summed E-state index contributed by atoms with van der Waals surface area (Å²) in [6.07, 6.45) is 5.96. The smallest absolute Gasteiger partial charge is 0.277 e. The Hall–Kier alpha value is -0.650. The Labute approximate surface area is 103 Å². The van der Waals surface area contributed by atoms with Crippen LogP contribution < -0.4 is 0 Å². The van der Waals surface area contributed by atoms with E-state index in [9.17, 15) is 13.0 Å². The first-order valence-electron chi connectivity index (χ1n) is 5.63. The van der Waals surface area contributed by atoms with Crippen LogP contribution in [-0.4, -0.2) is 30.4 Å². The zero-order valence-electron chi connectivity index (χ0n) is 10.7. The molecule has 0 aromatic rings. The van der Waals surface area contributed by atoms with Crippen molar-refractivity contribution in [2.75, 3.05) is 7.11 Å². The number of methoxy groups -OCH3 is 1. The van der Waals surface area contributed by atoms with Crippen LogP contribution in [0.15, 0.2) is 23.8 Å². The highest BCUT2D eigenvalue weighted by molar-refractivity contribution is 7.87. The van der Waals surface area contributed by atoms with Crippen LogP contribution in [0.25, 0.3) is 0 Å². The molecule has 0 spiro atoms. The van der Waals surface area contributed by atoms with Gasteiger partial charge >= 0.3 is 0 Å². The van der Waals surface area contributed by atoms with Crippen LogP contribution in [0.2, 0.25) is 0 Å². The summed E-state index contributed by atoms with van der Waals surface area (Å²) < 4.78 is 37.1. The predicted octanol–water partition coefficient (Wildman–Crippen LogP) is 2.33. The van der Waals surface area contributed by atoms with E-state index in [4.69, 9.17) is 4.74 Å². The molecule has 1 N–H and O–H groups in total. The standard InChI is InChI=1S/C12H20O4S/c1-5-7-12(17(13,14)15)8-6-10(2)9-11(12,3)16-4/h6,8-9H,5,7H2,1-4H3,(H,13,14,15). The molecule has 0 saturated carbocycles. The molecule has 0 heterocycles. The van der Waals surface area contributed by atoms with Crippen LogP contribution in [0.5, 0.6) is 0 Å². The fourth-order valence-corrected chi connectivity index (χ4v) is 3.80. The van der Waals surface area contributed by atoms with Crippen LogP contribution in [0.3, 0.4) is 0 Å². The van der Waals surface area contributed by atoms with Gasteiger partial charge < -0.3 is 4.74 Å². The lowest BCUT2D eigenvalue weighted by Crippen LogP contribution is -2.57. The zero-order chi connectivity index (χ0) is 13.3. The average molecular weight is 260 g/mol. The summed E-state index contributed by atoms with van der Waals surface area (Å²) in [5.41, 5.74) is -0.125. The Kier molecular flexibility index (Phi) is 3.86. The molecule has 2 unspecified atom stereocenters. The van der Waals surface area contributed by atoms with Gasteiger partial charge in [-0.3, -0.25) is 4.55 Å².